The van der Waals surface area contributed by atoms with Crippen molar-refractivity contribution in [2.24, 2.45) is 0 Å². The zero-order chi connectivity index (χ0) is 10.3. The molecule has 1 unspecified atom stereocenters. The maximum atomic E-state index is 11.9. The highest BCUT2D eigenvalue weighted by Crippen LogP contribution is 2.22. The van der Waals surface area contributed by atoms with Crippen LogP contribution in [0, 0.1) is 6.92 Å². The molecule has 1 aliphatic heterocycles. The van der Waals surface area contributed by atoms with Gasteiger partial charge in [-0.05, 0) is 19.8 Å². The van der Waals surface area contributed by atoms with Crippen molar-refractivity contribution in [2.45, 2.75) is 39.3 Å². The Kier molecular flexibility index (Phi) is 2.15. The van der Waals surface area contributed by atoms with E-state index in [1.165, 1.54) is 0 Å². The lowest BCUT2D eigenvalue weighted by atomic mass is 10.2. The molecule has 2 rings (SSSR count). The highest BCUT2D eigenvalue weighted by molar-refractivity contribution is 5.19. The molecule has 4 nitrogen and oxygen atoms in total. The summed E-state index contributed by atoms with van der Waals surface area (Å²) in [5.74, 6) is 0.532. The highest BCUT2D eigenvalue weighted by Gasteiger charge is 2.24. The number of fused-ring (bicyclic) bond motifs is 1. The molecule has 76 valence electrons. The van der Waals surface area contributed by atoms with Crippen LogP contribution in [0.25, 0.3) is 0 Å². The molecule has 1 atom stereocenters. The standard InChI is InChI=1S/C10H14N2O2/c1-3-7-6(2)11-9-8(13)4-5-12(9)10(7)14/h8,13H,3-5H2,1-2H3. The van der Waals surface area contributed by atoms with Gasteiger partial charge in [0.05, 0.1) is 0 Å². The maximum absolute atomic E-state index is 11.9. The molecule has 0 spiro atoms. The Hall–Kier alpha value is -1.16. The Balaban J connectivity index is 2.69. The van der Waals surface area contributed by atoms with Gasteiger partial charge in [-0.15, -0.1) is 0 Å². The van der Waals surface area contributed by atoms with Crippen LogP contribution >= 0.6 is 0 Å². The molecule has 0 fully saturated rings. The van der Waals surface area contributed by atoms with Crippen LogP contribution in [-0.2, 0) is 13.0 Å². The SMILES string of the molecule is CCc1c(C)nc2n(c1=O)CCC2O. The van der Waals surface area contributed by atoms with E-state index in [1.807, 2.05) is 13.8 Å². The maximum Gasteiger partial charge on any atom is 0.256 e. The fraction of sp³-hybridized carbons (Fsp3) is 0.600. The normalized spacial score (nSPS) is 19.8. The molecule has 0 radical (unpaired) electrons. The minimum Gasteiger partial charge on any atom is -0.385 e. The van der Waals surface area contributed by atoms with Crippen LogP contribution in [-0.4, -0.2) is 14.7 Å². The lowest BCUT2D eigenvalue weighted by Crippen LogP contribution is -2.26. The molecular formula is C10H14N2O2. The average molecular weight is 194 g/mol. The third kappa shape index (κ3) is 1.18. The topological polar surface area (TPSA) is 55.1 Å². The van der Waals surface area contributed by atoms with Gasteiger partial charge in [0.1, 0.15) is 11.9 Å². The van der Waals surface area contributed by atoms with E-state index in [4.69, 9.17) is 0 Å². The molecule has 1 aromatic rings. The smallest absolute Gasteiger partial charge is 0.256 e. The summed E-state index contributed by atoms with van der Waals surface area (Å²) in [6.07, 6.45) is 0.746. The van der Waals surface area contributed by atoms with Crippen LogP contribution in [0.3, 0.4) is 0 Å². The fourth-order valence-corrected chi connectivity index (χ4v) is 1.98. The van der Waals surface area contributed by atoms with Crippen LogP contribution in [0.4, 0.5) is 0 Å². The van der Waals surface area contributed by atoms with E-state index in [2.05, 4.69) is 4.98 Å². The fourth-order valence-electron chi connectivity index (χ4n) is 1.98. The van der Waals surface area contributed by atoms with Crippen molar-refractivity contribution in [1.29, 1.82) is 0 Å². The van der Waals surface area contributed by atoms with Crippen LogP contribution < -0.4 is 5.56 Å². The van der Waals surface area contributed by atoms with Gasteiger partial charge < -0.3 is 5.11 Å². The van der Waals surface area contributed by atoms with Crippen LogP contribution in [0.2, 0.25) is 0 Å². The van der Waals surface area contributed by atoms with Gasteiger partial charge in [0.2, 0.25) is 0 Å². The second-order valence-corrected chi connectivity index (χ2v) is 3.65. The van der Waals surface area contributed by atoms with Gasteiger partial charge in [-0.3, -0.25) is 9.36 Å². The molecule has 1 aliphatic rings. The van der Waals surface area contributed by atoms with Crippen molar-refractivity contribution >= 4 is 0 Å². The minimum absolute atomic E-state index is 0.0200. The average Bonchev–Trinajstić information content (AvgIpc) is 2.49. The van der Waals surface area contributed by atoms with Crippen molar-refractivity contribution in [3.05, 3.63) is 27.4 Å². The number of hydrogen-bond acceptors (Lipinski definition) is 3. The van der Waals surface area contributed by atoms with E-state index < -0.39 is 6.10 Å². The molecular weight excluding hydrogens is 180 g/mol. The zero-order valence-electron chi connectivity index (χ0n) is 8.45. The van der Waals surface area contributed by atoms with Gasteiger partial charge in [0.25, 0.3) is 5.56 Å². The monoisotopic (exact) mass is 194 g/mol. The van der Waals surface area contributed by atoms with E-state index in [0.29, 0.717) is 25.2 Å². The summed E-state index contributed by atoms with van der Waals surface area (Å²) >= 11 is 0. The molecule has 1 N–H and O–H groups in total. The quantitative estimate of drug-likeness (QED) is 0.710. The van der Waals surface area contributed by atoms with Crippen LogP contribution in [0.15, 0.2) is 4.79 Å². The summed E-state index contributed by atoms with van der Waals surface area (Å²) in [5.41, 5.74) is 1.54. The number of aryl methyl sites for hydroxylation is 1. The van der Waals surface area contributed by atoms with Gasteiger partial charge in [-0.25, -0.2) is 4.98 Å². The van der Waals surface area contributed by atoms with E-state index >= 15 is 0 Å². The third-order valence-electron chi connectivity index (χ3n) is 2.78. The van der Waals surface area contributed by atoms with Gasteiger partial charge in [-0.2, -0.15) is 0 Å². The van der Waals surface area contributed by atoms with Crippen molar-refractivity contribution in [1.82, 2.24) is 9.55 Å². The number of aliphatic hydroxyl groups is 1. The second kappa shape index (κ2) is 3.20. The minimum atomic E-state index is -0.563. The van der Waals surface area contributed by atoms with Crippen molar-refractivity contribution < 1.29 is 5.11 Å². The van der Waals surface area contributed by atoms with Gasteiger partial charge >= 0.3 is 0 Å². The lowest BCUT2D eigenvalue weighted by molar-refractivity contribution is 0.175. The summed E-state index contributed by atoms with van der Waals surface area (Å²) < 4.78 is 1.59. The largest absolute Gasteiger partial charge is 0.385 e. The second-order valence-electron chi connectivity index (χ2n) is 3.65. The van der Waals surface area contributed by atoms with Gasteiger partial charge in [0.15, 0.2) is 0 Å². The Morgan fingerprint density at radius 2 is 2.36 bits per heavy atom. The summed E-state index contributed by atoms with van der Waals surface area (Å²) in [6.45, 7) is 4.37. The first-order chi connectivity index (χ1) is 6.65. The van der Waals surface area contributed by atoms with Crippen molar-refractivity contribution in [3.8, 4) is 0 Å². The first-order valence-electron chi connectivity index (χ1n) is 4.93. The summed E-state index contributed by atoms with van der Waals surface area (Å²) in [4.78, 5) is 16.1. The zero-order valence-corrected chi connectivity index (χ0v) is 8.45. The molecule has 0 saturated heterocycles. The molecule has 1 aromatic heterocycles. The Morgan fingerprint density at radius 3 is 3.00 bits per heavy atom. The highest BCUT2D eigenvalue weighted by atomic mass is 16.3. The van der Waals surface area contributed by atoms with Crippen LogP contribution in [0.1, 0.15) is 36.5 Å². The Bertz CT molecular complexity index is 423. The van der Waals surface area contributed by atoms with E-state index in [0.717, 1.165) is 11.3 Å². The number of nitrogens with zero attached hydrogens (tertiary/aromatic N) is 2. The number of aliphatic hydroxyl groups excluding tert-OH is 1. The molecule has 14 heavy (non-hydrogen) atoms. The predicted molar refractivity (Wildman–Crippen MR) is 52.2 cm³/mol. The van der Waals surface area contributed by atoms with Gasteiger partial charge in [-0.1, -0.05) is 6.92 Å². The molecule has 0 bridgehead atoms. The molecule has 0 amide bonds. The lowest BCUT2D eigenvalue weighted by Gasteiger charge is -2.08. The first-order valence-corrected chi connectivity index (χ1v) is 4.93. The molecule has 0 saturated carbocycles. The van der Waals surface area contributed by atoms with Crippen molar-refractivity contribution in [3.63, 3.8) is 0 Å². The number of rotatable bonds is 1. The predicted octanol–water partition coefficient (Wildman–Crippen LogP) is 0.551. The molecule has 4 heteroatoms. The number of aromatic nitrogens is 2. The van der Waals surface area contributed by atoms with Crippen LogP contribution in [0.5, 0.6) is 0 Å². The molecule has 0 aliphatic carbocycles. The van der Waals surface area contributed by atoms with Gasteiger partial charge in [0, 0.05) is 17.8 Å². The summed E-state index contributed by atoms with van der Waals surface area (Å²) in [7, 11) is 0. The third-order valence-corrected chi connectivity index (χ3v) is 2.78. The summed E-state index contributed by atoms with van der Waals surface area (Å²) in [5, 5.41) is 9.57. The van der Waals surface area contributed by atoms with E-state index in [-0.39, 0.29) is 5.56 Å². The van der Waals surface area contributed by atoms with Crippen molar-refractivity contribution in [2.75, 3.05) is 0 Å². The Labute approximate surface area is 82.2 Å². The Morgan fingerprint density at radius 1 is 1.64 bits per heavy atom. The summed E-state index contributed by atoms with van der Waals surface area (Å²) in [6, 6.07) is 0. The number of hydrogen-bond donors (Lipinski definition) is 1. The first kappa shape index (κ1) is 9.40. The van der Waals surface area contributed by atoms with E-state index in [9.17, 15) is 9.90 Å². The molecule has 0 aromatic carbocycles. The molecule has 2 heterocycles. The van der Waals surface area contributed by atoms with E-state index in [1.54, 1.807) is 4.57 Å².